The van der Waals surface area contributed by atoms with Crippen molar-refractivity contribution in [3.8, 4) is 6.07 Å². The van der Waals surface area contributed by atoms with Crippen LogP contribution in [0.5, 0.6) is 0 Å². The van der Waals surface area contributed by atoms with Gasteiger partial charge in [-0.25, -0.2) is 9.97 Å². The van der Waals surface area contributed by atoms with Crippen molar-refractivity contribution in [2.75, 3.05) is 37.6 Å². The fourth-order valence-corrected chi connectivity index (χ4v) is 2.92. The Labute approximate surface area is 123 Å². The van der Waals surface area contributed by atoms with Gasteiger partial charge in [-0.3, -0.25) is 4.79 Å². The van der Waals surface area contributed by atoms with E-state index in [1.165, 1.54) is 6.20 Å². The number of aromatic nitrogens is 2. The quantitative estimate of drug-likeness (QED) is 0.807. The third kappa shape index (κ3) is 2.81. The average Bonchev–Trinajstić information content (AvgIpc) is 3.04. The number of carbonyl (C=O) groups excluding carboxylic acids is 1. The van der Waals surface area contributed by atoms with Crippen molar-refractivity contribution in [1.82, 2.24) is 20.2 Å². The lowest BCUT2D eigenvalue weighted by Gasteiger charge is -2.33. The Kier molecular flexibility index (Phi) is 3.97. The highest BCUT2D eigenvalue weighted by Crippen LogP contribution is 2.24. The lowest BCUT2D eigenvalue weighted by molar-refractivity contribution is -0.133. The molecule has 7 nitrogen and oxygen atoms in total. The normalized spacial score (nSPS) is 22.1. The first-order valence-electron chi connectivity index (χ1n) is 7.28. The minimum Gasteiger partial charge on any atom is -0.343 e. The molecule has 2 saturated heterocycles. The summed E-state index contributed by atoms with van der Waals surface area (Å²) in [5.74, 6) is 0.861. The number of hydrogen-bond acceptors (Lipinski definition) is 6. The van der Waals surface area contributed by atoms with Crippen LogP contribution >= 0.6 is 0 Å². The smallest absolute Gasteiger partial charge is 0.245 e. The summed E-state index contributed by atoms with van der Waals surface area (Å²) in [5, 5.41) is 12.0. The Morgan fingerprint density at radius 2 is 2.10 bits per heavy atom. The highest BCUT2D eigenvalue weighted by atomic mass is 16.2. The number of rotatable bonds is 2. The standard InChI is InChI=1S/C14H18N6O/c15-8-11-9-18-13(10-17-11)20-5-1-2-12(20)14(21)19-6-3-16-4-7-19/h9-10,12,16H,1-7H2. The van der Waals surface area contributed by atoms with Gasteiger partial charge in [0, 0.05) is 32.7 Å². The van der Waals surface area contributed by atoms with Crippen molar-refractivity contribution in [3.63, 3.8) is 0 Å². The van der Waals surface area contributed by atoms with Gasteiger partial charge in [0.2, 0.25) is 5.91 Å². The molecule has 110 valence electrons. The van der Waals surface area contributed by atoms with Crippen molar-refractivity contribution in [2.24, 2.45) is 0 Å². The van der Waals surface area contributed by atoms with Gasteiger partial charge in [-0.2, -0.15) is 5.26 Å². The molecule has 1 aromatic rings. The number of hydrogen-bond donors (Lipinski definition) is 1. The monoisotopic (exact) mass is 286 g/mol. The van der Waals surface area contributed by atoms with Crippen LogP contribution in [0.1, 0.15) is 18.5 Å². The van der Waals surface area contributed by atoms with Crippen LogP contribution in [0.2, 0.25) is 0 Å². The van der Waals surface area contributed by atoms with E-state index in [9.17, 15) is 4.79 Å². The van der Waals surface area contributed by atoms with Gasteiger partial charge in [-0.05, 0) is 12.8 Å². The summed E-state index contributed by atoms with van der Waals surface area (Å²) in [6, 6.07) is 1.81. The number of nitriles is 1. The van der Waals surface area contributed by atoms with Gasteiger partial charge in [0.1, 0.15) is 17.9 Å². The van der Waals surface area contributed by atoms with Crippen LogP contribution in [-0.4, -0.2) is 59.5 Å². The second kappa shape index (κ2) is 6.06. The molecule has 21 heavy (non-hydrogen) atoms. The van der Waals surface area contributed by atoms with E-state index in [0.717, 1.165) is 45.6 Å². The molecule has 1 aromatic heterocycles. The van der Waals surface area contributed by atoms with E-state index < -0.39 is 0 Å². The first-order valence-corrected chi connectivity index (χ1v) is 7.28. The second-order valence-corrected chi connectivity index (χ2v) is 5.30. The molecule has 1 amide bonds. The Hall–Kier alpha value is -2.20. The summed E-state index contributed by atoms with van der Waals surface area (Å²) in [5.41, 5.74) is 0.294. The molecule has 0 spiro atoms. The van der Waals surface area contributed by atoms with Crippen LogP contribution in [-0.2, 0) is 4.79 Å². The largest absolute Gasteiger partial charge is 0.343 e. The number of piperazine rings is 1. The van der Waals surface area contributed by atoms with Gasteiger partial charge in [0.15, 0.2) is 5.69 Å². The van der Waals surface area contributed by atoms with Gasteiger partial charge >= 0.3 is 0 Å². The summed E-state index contributed by atoms with van der Waals surface area (Å²) in [7, 11) is 0. The molecule has 7 heteroatoms. The molecular formula is C14H18N6O. The Bertz CT molecular complexity index is 546. The molecule has 1 N–H and O–H groups in total. The van der Waals surface area contributed by atoms with E-state index in [4.69, 9.17) is 5.26 Å². The van der Waals surface area contributed by atoms with E-state index in [1.807, 2.05) is 15.9 Å². The molecule has 2 aliphatic heterocycles. The lowest BCUT2D eigenvalue weighted by atomic mass is 10.1. The fourth-order valence-electron chi connectivity index (χ4n) is 2.92. The molecule has 0 radical (unpaired) electrons. The summed E-state index contributed by atoms with van der Waals surface area (Å²) in [6.07, 6.45) is 4.87. The predicted molar refractivity (Wildman–Crippen MR) is 76.6 cm³/mol. The van der Waals surface area contributed by atoms with E-state index in [2.05, 4.69) is 15.3 Å². The first-order chi connectivity index (χ1) is 10.3. The molecule has 3 heterocycles. The zero-order valence-corrected chi connectivity index (χ0v) is 11.8. The maximum Gasteiger partial charge on any atom is 0.245 e. The lowest BCUT2D eigenvalue weighted by Crippen LogP contribution is -2.52. The SMILES string of the molecule is N#Cc1cnc(N2CCCC2C(=O)N2CCNCC2)cn1. The molecule has 0 aliphatic carbocycles. The maximum absolute atomic E-state index is 12.7. The number of nitrogens with one attached hydrogen (secondary N) is 1. The highest BCUT2D eigenvalue weighted by molar-refractivity contribution is 5.85. The van der Waals surface area contributed by atoms with Crippen molar-refractivity contribution in [3.05, 3.63) is 18.1 Å². The van der Waals surface area contributed by atoms with E-state index >= 15 is 0 Å². The minimum atomic E-state index is -0.148. The number of carbonyl (C=O) groups is 1. The van der Waals surface area contributed by atoms with Crippen molar-refractivity contribution >= 4 is 11.7 Å². The van der Waals surface area contributed by atoms with Crippen molar-refractivity contribution < 1.29 is 4.79 Å². The summed E-state index contributed by atoms with van der Waals surface area (Å²) < 4.78 is 0. The van der Waals surface area contributed by atoms with Gasteiger partial charge in [0.25, 0.3) is 0 Å². The van der Waals surface area contributed by atoms with E-state index in [1.54, 1.807) is 6.20 Å². The van der Waals surface area contributed by atoms with E-state index in [-0.39, 0.29) is 11.9 Å². The van der Waals surface area contributed by atoms with E-state index in [0.29, 0.717) is 11.5 Å². The average molecular weight is 286 g/mol. The molecule has 1 unspecified atom stereocenters. The summed E-state index contributed by atoms with van der Waals surface area (Å²) in [6.45, 7) is 4.05. The molecule has 2 fully saturated rings. The van der Waals surface area contributed by atoms with Crippen LogP contribution < -0.4 is 10.2 Å². The van der Waals surface area contributed by atoms with Crippen LogP contribution in [0.25, 0.3) is 0 Å². The van der Waals surface area contributed by atoms with Gasteiger partial charge in [-0.1, -0.05) is 0 Å². The first kappa shape index (κ1) is 13.8. The van der Waals surface area contributed by atoms with Crippen LogP contribution in [0, 0.1) is 11.3 Å². The van der Waals surface area contributed by atoms with Crippen LogP contribution in [0.4, 0.5) is 5.82 Å². The van der Waals surface area contributed by atoms with Crippen molar-refractivity contribution in [1.29, 1.82) is 5.26 Å². The van der Waals surface area contributed by atoms with Crippen LogP contribution in [0.3, 0.4) is 0 Å². The maximum atomic E-state index is 12.7. The second-order valence-electron chi connectivity index (χ2n) is 5.30. The predicted octanol–water partition coefficient (Wildman–Crippen LogP) is -0.251. The number of anilines is 1. The molecule has 0 bridgehead atoms. The highest BCUT2D eigenvalue weighted by Gasteiger charge is 2.34. The zero-order chi connectivity index (χ0) is 14.7. The molecule has 0 saturated carbocycles. The Morgan fingerprint density at radius 1 is 1.29 bits per heavy atom. The van der Waals surface area contributed by atoms with Gasteiger partial charge < -0.3 is 15.1 Å². The number of amides is 1. The Balaban J connectivity index is 1.75. The fraction of sp³-hybridized carbons (Fsp3) is 0.571. The van der Waals surface area contributed by atoms with Crippen molar-refractivity contribution in [2.45, 2.75) is 18.9 Å². The topological polar surface area (TPSA) is 85.2 Å². The summed E-state index contributed by atoms with van der Waals surface area (Å²) in [4.78, 5) is 24.9. The van der Waals surface area contributed by atoms with Crippen LogP contribution in [0.15, 0.2) is 12.4 Å². The third-order valence-corrected chi connectivity index (χ3v) is 4.01. The molecular weight excluding hydrogens is 268 g/mol. The number of nitrogens with zero attached hydrogens (tertiary/aromatic N) is 5. The van der Waals surface area contributed by atoms with Gasteiger partial charge in [-0.15, -0.1) is 0 Å². The Morgan fingerprint density at radius 3 is 2.76 bits per heavy atom. The minimum absolute atomic E-state index is 0.148. The zero-order valence-electron chi connectivity index (χ0n) is 11.8. The molecule has 2 aliphatic rings. The molecule has 3 rings (SSSR count). The third-order valence-electron chi connectivity index (χ3n) is 4.01. The van der Waals surface area contributed by atoms with Gasteiger partial charge in [0.05, 0.1) is 12.4 Å². The summed E-state index contributed by atoms with van der Waals surface area (Å²) >= 11 is 0. The molecule has 0 aromatic carbocycles. The molecule has 1 atom stereocenters.